The van der Waals surface area contributed by atoms with E-state index in [1.165, 1.54) is 4.68 Å². The van der Waals surface area contributed by atoms with Crippen LogP contribution in [0.1, 0.15) is 19.3 Å². The van der Waals surface area contributed by atoms with Gasteiger partial charge in [-0.05, 0) is 54.0 Å². The second-order valence-corrected chi connectivity index (χ2v) is 5.31. The van der Waals surface area contributed by atoms with Crippen LogP contribution in [0.5, 0.6) is 0 Å². The van der Waals surface area contributed by atoms with Gasteiger partial charge in [0.2, 0.25) is 5.91 Å². The molecule has 1 aromatic carbocycles. The molecule has 114 valence electrons. The van der Waals surface area contributed by atoms with Gasteiger partial charge in [0.05, 0.1) is 5.69 Å². The predicted molar refractivity (Wildman–Crippen MR) is 81.7 cm³/mol. The van der Waals surface area contributed by atoms with Crippen molar-refractivity contribution >= 4 is 11.6 Å². The summed E-state index contributed by atoms with van der Waals surface area (Å²) < 4.78 is 2.36. The van der Waals surface area contributed by atoms with E-state index < -0.39 is 0 Å². The van der Waals surface area contributed by atoms with Gasteiger partial charge in [0, 0.05) is 18.7 Å². The molecule has 0 saturated heterocycles. The molecular weight excluding hydrogens is 282 g/mol. The molecule has 3 rings (SSSR count). The third-order valence-corrected chi connectivity index (χ3v) is 3.74. The normalized spacial score (nSPS) is 17.4. The summed E-state index contributed by atoms with van der Waals surface area (Å²) in [6.07, 6.45) is 6.79. The van der Waals surface area contributed by atoms with Gasteiger partial charge in [0.25, 0.3) is 0 Å². The largest absolute Gasteiger partial charge is 0.368 e. The lowest BCUT2D eigenvalue weighted by molar-refractivity contribution is -0.120. The van der Waals surface area contributed by atoms with Crippen molar-refractivity contribution in [2.75, 3.05) is 5.32 Å². The summed E-state index contributed by atoms with van der Waals surface area (Å²) in [5, 5.41) is 10.3. The standard InChI is InChI=1S/C15H17N5O2/c1-19-15(22)20(18-17-19)13-9-7-12(8-10-13)16-14(21)11-5-3-2-4-6-11/h2-3,7-11H,4-6H2,1H3,(H,16,21)/t11-/m1/s1. The Morgan fingerprint density at radius 3 is 2.59 bits per heavy atom. The Morgan fingerprint density at radius 2 is 2.00 bits per heavy atom. The first-order valence-electron chi connectivity index (χ1n) is 7.20. The van der Waals surface area contributed by atoms with Crippen molar-refractivity contribution in [2.24, 2.45) is 13.0 Å². The SMILES string of the molecule is Cn1nnn(-c2ccc(NC(=O)[C@@H]3CC=CCC3)cc2)c1=O. The lowest BCUT2D eigenvalue weighted by Crippen LogP contribution is -2.23. The molecule has 0 fully saturated rings. The molecule has 7 heteroatoms. The summed E-state index contributed by atoms with van der Waals surface area (Å²) in [4.78, 5) is 23.9. The maximum Gasteiger partial charge on any atom is 0.368 e. The molecule has 0 spiro atoms. The number of allylic oxidation sites excluding steroid dienone is 2. The Kier molecular flexibility index (Phi) is 3.86. The lowest BCUT2D eigenvalue weighted by Gasteiger charge is -2.17. The van der Waals surface area contributed by atoms with E-state index in [0.29, 0.717) is 11.4 Å². The smallest absolute Gasteiger partial charge is 0.326 e. The molecule has 1 N–H and O–H groups in total. The van der Waals surface area contributed by atoms with E-state index in [1.807, 2.05) is 0 Å². The van der Waals surface area contributed by atoms with Crippen LogP contribution >= 0.6 is 0 Å². The molecule has 2 aromatic rings. The van der Waals surface area contributed by atoms with Crippen molar-refractivity contribution in [3.8, 4) is 5.69 Å². The summed E-state index contributed by atoms with van der Waals surface area (Å²) in [6.45, 7) is 0. The maximum absolute atomic E-state index is 12.2. The zero-order valence-electron chi connectivity index (χ0n) is 12.3. The fourth-order valence-electron chi connectivity index (χ4n) is 2.44. The number of benzene rings is 1. The number of carbonyl (C=O) groups excluding carboxylic acids is 1. The van der Waals surface area contributed by atoms with Crippen LogP contribution in [0.4, 0.5) is 5.69 Å². The van der Waals surface area contributed by atoms with E-state index in [0.717, 1.165) is 23.9 Å². The second-order valence-electron chi connectivity index (χ2n) is 5.31. The van der Waals surface area contributed by atoms with Gasteiger partial charge >= 0.3 is 5.69 Å². The molecule has 1 amide bonds. The Bertz CT molecular complexity index is 757. The highest BCUT2D eigenvalue weighted by atomic mass is 16.2. The van der Waals surface area contributed by atoms with Crippen molar-refractivity contribution in [3.05, 3.63) is 46.9 Å². The molecule has 0 bridgehead atoms. The molecular formula is C15H17N5O2. The van der Waals surface area contributed by atoms with Crippen molar-refractivity contribution in [1.82, 2.24) is 19.8 Å². The number of hydrogen-bond donors (Lipinski definition) is 1. The number of carbonyl (C=O) groups is 1. The van der Waals surface area contributed by atoms with E-state index in [4.69, 9.17) is 0 Å². The van der Waals surface area contributed by atoms with E-state index in [2.05, 4.69) is 27.9 Å². The molecule has 0 unspecified atom stereocenters. The van der Waals surface area contributed by atoms with Crippen LogP contribution in [0.25, 0.3) is 5.69 Å². The number of nitrogens with one attached hydrogen (secondary N) is 1. The highest BCUT2D eigenvalue weighted by molar-refractivity contribution is 5.92. The maximum atomic E-state index is 12.2. The van der Waals surface area contributed by atoms with Crippen LogP contribution < -0.4 is 11.0 Å². The van der Waals surface area contributed by atoms with Crippen LogP contribution in [0.2, 0.25) is 0 Å². The molecule has 0 saturated carbocycles. The number of tetrazole rings is 1. The monoisotopic (exact) mass is 299 g/mol. The van der Waals surface area contributed by atoms with Crippen molar-refractivity contribution in [3.63, 3.8) is 0 Å². The van der Waals surface area contributed by atoms with E-state index in [1.54, 1.807) is 31.3 Å². The first-order chi connectivity index (χ1) is 10.6. The second kappa shape index (κ2) is 5.97. The van der Waals surface area contributed by atoms with Gasteiger partial charge in [0.1, 0.15) is 0 Å². The van der Waals surface area contributed by atoms with Crippen LogP contribution in [0, 0.1) is 5.92 Å². The lowest BCUT2D eigenvalue weighted by atomic mass is 9.93. The first-order valence-corrected chi connectivity index (χ1v) is 7.20. The number of aryl methyl sites for hydroxylation is 1. The van der Waals surface area contributed by atoms with E-state index >= 15 is 0 Å². The Hall–Kier alpha value is -2.70. The van der Waals surface area contributed by atoms with Crippen molar-refractivity contribution in [1.29, 1.82) is 0 Å². The van der Waals surface area contributed by atoms with Gasteiger partial charge in [-0.15, -0.1) is 0 Å². The Morgan fingerprint density at radius 1 is 1.23 bits per heavy atom. The molecule has 1 aliphatic rings. The number of hydrogen-bond acceptors (Lipinski definition) is 4. The van der Waals surface area contributed by atoms with Gasteiger partial charge in [0.15, 0.2) is 0 Å². The zero-order valence-corrected chi connectivity index (χ0v) is 12.3. The average molecular weight is 299 g/mol. The minimum Gasteiger partial charge on any atom is -0.326 e. The summed E-state index contributed by atoms with van der Waals surface area (Å²) in [5.74, 6) is 0.0704. The topological polar surface area (TPSA) is 81.8 Å². The van der Waals surface area contributed by atoms with Gasteiger partial charge in [-0.25, -0.2) is 4.79 Å². The number of anilines is 1. The number of rotatable bonds is 3. The minimum atomic E-state index is -0.314. The molecule has 22 heavy (non-hydrogen) atoms. The van der Waals surface area contributed by atoms with Crippen LogP contribution in [-0.2, 0) is 11.8 Å². The van der Waals surface area contributed by atoms with Gasteiger partial charge in [-0.3, -0.25) is 4.79 Å². The van der Waals surface area contributed by atoms with Crippen LogP contribution in [-0.4, -0.2) is 25.7 Å². The highest BCUT2D eigenvalue weighted by Gasteiger charge is 2.18. The molecule has 1 heterocycles. The number of nitrogens with zero attached hydrogens (tertiary/aromatic N) is 4. The summed E-state index contributed by atoms with van der Waals surface area (Å²) in [7, 11) is 1.54. The van der Waals surface area contributed by atoms with Crippen LogP contribution in [0.3, 0.4) is 0 Å². The predicted octanol–water partition coefficient (Wildman–Crippen LogP) is 1.26. The Balaban J connectivity index is 1.72. The summed E-state index contributed by atoms with van der Waals surface area (Å²) in [6, 6.07) is 6.97. The van der Waals surface area contributed by atoms with E-state index in [-0.39, 0.29) is 17.5 Å². The third-order valence-electron chi connectivity index (χ3n) is 3.74. The quantitative estimate of drug-likeness (QED) is 0.865. The van der Waals surface area contributed by atoms with Gasteiger partial charge in [-0.1, -0.05) is 12.2 Å². The minimum absolute atomic E-state index is 0.0345. The number of amides is 1. The average Bonchev–Trinajstić information content (AvgIpc) is 2.89. The fraction of sp³-hybridized carbons (Fsp3) is 0.333. The molecule has 0 radical (unpaired) electrons. The van der Waals surface area contributed by atoms with Gasteiger partial charge < -0.3 is 5.32 Å². The fourth-order valence-corrected chi connectivity index (χ4v) is 2.44. The third kappa shape index (κ3) is 2.83. The molecule has 1 aliphatic carbocycles. The summed E-state index contributed by atoms with van der Waals surface area (Å²) >= 11 is 0. The van der Waals surface area contributed by atoms with Gasteiger partial charge in [-0.2, -0.15) is 9.36 Å². The number of aromatic nitrogens is 4. The molecule has 1 atom stereocenters. The molecule has 0 aliphatic heterocycles. The van der Waals surface area contributed by atoms with Crippen molar-refractivity contribution < 1.29 is 4.79 Å². The first kappa shape index (κ1) is 14.2. The zero-order chi connectivity index (χ0) is 15.5. The van der Waals surface area contributed by atoms with Crippen molar-refractivity contribution in [2.45, 2.75) is 19.3 Å². The van der Waals surface area contributed by atoms with Crippen LogP contribution in [0.15, 0.2) is 41.2 Å². The molecule has 1 aromatic heterocycles. The van der Waals surface area contributed by atoms with E-state index in [9.17, 15) is 9.59 Å². The summed E-state index contributed by atoms with van der Waals surface area (Å²) in [5.41, 5.74) is 1.00. The Labute approximate surface area is 127 Å². The molecule has 7 nitrogen and oxygen atoms in total. The highest BCUT2D eigenvalue weighted by Crippen LogP contribution is 2.20.